The number of ether oxygens (including phenoxy) is 2. The molecular weight excluding hydrogens is 671 g/mol. The number of aromatic nitrogens is 1. The Morgan fingerprint density at radius 1 is 0.830 bits per heavy atom. The van der Waals surface area contributed by atoms with Gasteiger partial charge in [-0.3, -0.25) is 0 Å². The number of carbonyl (C=O) groups is 2. The van der Waals surface area contributed by atoms with Gasteiger partial charge in [0, 0.05) is 27.1 Å². The van der Waals surface area contributed by atoms with Gasteiger partial charge in [-0.15, -0.1) is 0 Å². The lowest BCUT2D eigenvalue weighted by Gasteiger charge is -2.21. The van der Waals surface area contributed by atoms with E-state index < -0.39 is 0 Å². The topological polar surface area (TPSA) is 59.7 Å². The molecule has 6 rings (SSSR count). The van der Waals surface area contributed by atoms with Crippen molar-refractivity contribution in [2.24, 2.45) is 0 Å². The van der Waals surface area contributed by atoms with E-state index in [0.717, 1.165) is 42.8 Å². The number of hydrogen-bond donors (Lipinski definition) is 0. The summed E-state index contributed by atoms with van der Waals surface area (Å²) in [6.45, 7) is 3.48. The Kier molecular flexibility index (Phi) is 10.6. The average Bonchev–Trinajstić information content (AvgIpc) is 3.60. The summed E-state index contributed by atoms with van der Waals surface area (Å²) in [5, 5.41) is 3.31. The van der Waals surface area contributed by atoms with Crippen molar-refractivity contribution in [3.63, 3.8) is 0 Å². The predicted octanol–water partition coefficient (Wildman–Crippen LogP) is 9.46. The normalized spacial score (nSPS) is 13.6. The van der Waals surface area contributed by atoms with Crippen molar-refractivity contribution in [3.05, 3.63) is 140 Å². The molecule has 0 N–H and O–H groups in total. The second-order valence-corrected chi connectivity index (χ2v) is 13.6. The van der Waals surface area contributed by atoms with E-state index in [1.54, 1.807) is 47.4 Å². The van der Waals surface area contributed by atoms with E-state index in [4.69, 9.17) is 32.7 Å². The minimum Gasteiger partial charge on any atom is -0.460 e. The first-order valence-corrected chi connectivity index (χ1v) is 17.5. The fourth-order valence-electron chi connectivity index (χ4n) is 5.16. The third-order valence-corrected chi connectivity index (χ3v) is 10.2. The minimum absolute atomic E-state index is 0.210. The number of halogens is 2. The number of thiazole rings is 1. The lowest BCUT2D eigenvalue weighted by atomic mass is 10.2. The van der Waals surface area contributed by atoms with Crippen LogP contribution in [0.1, 0.15) is 39.1 Å². The maximum atomic E-state index is 12.6. The van der Waals surface area contributed by atoms with Crippen molar-refractivity contribution in [2.45, 2.75) is 24.8 Å². The van der Waals surface area contributed by atoms with Crippen molar-refractivity contribution in [2.75, 3.05) is 24.7 Å². The van der Waals surface area contributed by atoms with Crippen LogP contribution in [0.25, 0.3) is 16.3 Å². The third-order valence-electron chi connectivity index (χ3n) is 7.53. The molecule has 0 unspecified atom stereocenters. The van der Waals surface area contributed by atoms with Crippen molar-refractivity contribution in [1.29, 1.82) is 0 Å². The highest BCUT2D eigenvalue weighted by Gasteiger charge is 2.27. The number of benzene rings is 4. The summed E-state index contributed by atoms with van der Waals surface area (Å²) in [5.74, 6) is -0.709. The smallest absolute Gasteiger partial charge is 0.338 e. The van der Waals surface area contributed by atoms with E-state index in [0.29, 0.717) is 34.3 Å². The molecule has 0 saturated heterocycles. The van der Waals surface area contributed by atoms with Crippen LogP contribution in [0, 0.1) is 0 Å². The maximum absolute atomic E-state index is 12.6. The highest BCUT2D eigenvalue weighted by molar-refractivity contribution is 8.03. The standard InChI is InChI=1S/C37H31Cl2N2O4S2/c1-2-25(21-34-40(30-23-28(38)13-15-32(30)46-34)17-19-44-36(42)26-9-5-3-6-10-26)22-35-41(31-24-29(39)14-16-33(31)47-35)18-20-45-37(43)27-11-7-4-8-12-27/h3-16,21-24H,2,17-20H2,1H3/q+1. The molecule has 0 aliphatic carbocycles. The molecule has 0 fully saturated rings. The van der Waals surface area contributed by atoms with E-state index in [1.165, 1.54) is 0 Å². The van der Waals surface area contributed by atoms with Gasteiger partial charge in [-0.25, -0.2) is 9.59 Å². The molecule has 10 heteroatoms. The Balaban J connectivity index is 1.26. The molecule has 0 amide bonds. The summed E-state index contributed by atoms with van der Waals surface area (Å²) in [5.41, 5.74) is 4.10. The lowest BCUT2D eigenvalue weighted by molar-refractivity contribution is -0.669. The number of esters is 2. The van der Waals surface area contributed by atoms with Gasteiger partial charge in [-0.05, 0) is 72.7 Å². The number of thioether (sulfide) groups is 1. The van der Waals surface area contributed by atoms with Crippen molar-refractivity contribution < 1.29 is 23.6 Å². The van der Waals surface area contributed by atoms with Crippen LogP contribution in [0.2, 0.25) is 10.0 Å². The molecule has 0 atom stereocenters. The second-order valence-electron chi connectivity index (χ2n) is 10.6. The van der Waals surface area contributed by atoms with Crippen LogP contribution in [0.3, 0.4) is 0 Å². The maximum Gasteiger partial charge on any atom is 0.338 e. The summed E-state index contributed by atoms with van der Waals surface area (Å²) < 4.78 is 14.5. The van der Waals surface area contributed by atoms with Gasteiger partial charge in [0.2, 0.25) is 5.52 Å². The van der Waals surface area contributed by atoms with E-state index in [-0.39, 0.29) is 25.2 Å². The van der Waals surface area contributed by atoms with Gasteiger partial charge in [0.25, 0.3) is 5.01 Å². The summed E-state index contributed by atoms with van der Waals surface area (Å²) >= 11 is 16.1. The number of hydrogen-bond acceptors (Lipinski definition) is 7. The van der Waals surface area contributed by atoms with Crippen molar-refractivity contribution in [1.82, 2.24) is 0 Å². The number of fused-ring (bicyclic) bond motifs is 2. The van der Waals surface area contributed by atoms with Crippen LogP contribution in [0.15, 0.2) is 119 Å². The van der Waals surface area contributed by atoms with Crippen LogP contribution in [0.5, 0.6) is 0 Å². The molecule has 2 heterocycles. The molecule has 6 nitrogen and oxygen atoms in total. The molecule has 1 aliphatic rings. The molecule has 0 bridgehead atoms. The summed E-state index contributed by atoms with van der Waals surface area (Å²) in [6, 6.07) is 29.7. The molecule has 0 saturated carbocycles. The molecule has 0 spiro atoms. The first-order valence-electron chi connectivity index (χ1n) is 15.1. The molecule has 4 aromatic carbocycles. The number of rotatable bonds is 11. The van der Waals surface area contributed by atoms with Crippen LogP contribution >= 0.6 is 46.3 Å². The highest BCUT2D eigenvalue weighted by atomic mass is 35.5. The van der Waals surface area contributed by atoms with E-state index in [2.05, 4.69) is 28.5 Å². The number of carbonyl (C=O) groups excluding carboxylic acids is 2. The van der Waals surface area contributed by atoms with E-state index >= 15 is 0 Å². The van der Waals surface area contributed by atoms with Crippen LogP contribution in [0.4, 0.5) is 5.69 Å². The molecule has 1 aliphatic heterocycles. The van der Waals surface area contributed by atoms with Crippen LogP contribution in [-0.4, -0.2) is 31.7 Å². The van der Waals surface area contributed by atoms with Gasteiger partial charge in [0.1, 0.15) is 11.3 Å². The number of nitrogens with zero attached hydrogens (tertiary/aromatic N) is 2. The number of anilines is 1. The fraction of sp³-hybridized carbons (Fsp3) is 0.162. The quantitative estimate of drug-likeness (QED) is 0.101. The Labute approximate surface area is 291 Å². The largest absolute Gasteiger partial charge is 0.460 e. The van der Waals surface area contributed by atoms with Crippen molar-refractivity contribution >= 4 is 80.2 Å². The fourth-order valence-corrected chi connectivity index (χ4v) is 7.79. The third kappa shape index (κ3) is 7.91. The zero-order chi connectivity index (χ0) is 32.8. The monoisotopic (exact) mass is 701 g/mol. The van der Waals surface area contributed by atoms with Gasteiger partial charge in [0.15, 0.2) is 13.2 Å². The summed E-state index contributed by atoms with van der Waals surface area (Å²) in [6.07, 6.45) is 5.12. The van der Waals surface area contributed by atoms with Gasteiger partial charge >= 0.3 is 11.9 Å². The lowest BCUT2D eigenvalue weighted by Crippen LogP contribution is -2.37. The Morgan fingerprint density at radius 3 is 2.15 bits per heavy atom. The van der Waals surface area contributed by atoms with Gasteiger partial charge < -0.3 is 14.4 Å². The number of allylic oxidation sites excluding steroid dienone is 2. The van der Waals surface area contributed by atoms with E-state index in [9.17, 15) is 9.59 Å². The van der Waals surface area contributed by atoms with Crippen LogP contribution in [-0.2, 0) is 16.0 Å². The molecule has 1 aromatic heterocycles. The summed E-state index contributed by atoms with van der Waals surface area (Å²) in [7, 11) is 0. The van der Waals surface area contributed by atoms with Gasteiger partial charge in [-0.2, -0.15) is 4.57 Å². The zero-order valence-corrected chi connectivity index (χ0v) is 28.7. The average molecular weight is 703 g/mol. The second kappa shape index (κ2) is 15.2. The molecule has 238 valence electrons. The Morgan fingerprint density at radius 2 is 1.47 bits per heavy atom. The van der Waals surface area contributed by atoms with Crippen LogP contribution < -0.4 is 9.47 Å². The Hall–Kier alpha value is -4.08. The summed E-state index contributed by atoms with van der Waals surface area (Å²) in [4.78, 5) is 28.5. The van der Waals surface area contributed by atoms with Gasteiger partial charge in [-0.1, -0.05) is 89.6 Å². The molecule has 47 heavy (non-hydrogen) atoms. The first kappa shape index (κ1) is 32.8. The highest BCUT2D eigenvalue weighted by Crippen LogP contribution is 2.47. The molecular formula is C37H31Cl2N2O4S2+. The SMILES string of the molecule is CCC(/C=C1\Sc2ccc(Cl)cc2N1CCOC(=O)c1ccccc1)=C\c1sc2ccc(Cl)cc2[n+]1CCOC(=O)c1ccccc1. The minimum atomic E-state index is -0.354. The van der Waals surface area contributed by atoms with Gasteiger partial charge in [0.05, 0.1) is 28.4 Å². The zero-order valence-electron chi connectivity index (χ0n) is 25.5. The predicted molar refractivity (Wildman–Crippen MR) is 191 cm³/mol. The van der Waals surface area contributed by atoms with Crippen molar-refractivity contribution in [3.8, 4) is 0 Å². The van der Waals surface area contributed by atoms with E-state index in [1.807, 2.05) is 72.8 Å². The molecule has 5 aromatic rings. The molecule has 0 radical (unpaired) electrons. The first-order chi connectivity index (χ1) is 22.9. The Bertz CT molecular complexity index is 1980.